The first kappa shape index (κ1) is 14.3. The summed E-state index contributed by atoms with van der Waals surface area (Å²) in [4.78, 5) is 0. The summed E-state index contributed by atoms with van der Waals surface area (Å²) in [6, 6.07) is 1.50. The summed E-state index contributed by atoms with van der Waals surface area (Å²) in [5.74, 6) is 0.975. The van der Waals surface area contributed by atoms with Crippen LogP contribution >= 0.6 is 0 Å². The summed E-state index contributed by atoms with van der Waals surface area (Å²) >= 11 is 0. The average molecular weight is 253 g/mol. The summed E-state index contributed by atoms with van der Waals surface area (Å²) in [6.07, 6.45) is 12.5. The average Bonchev–Trinajstić information content (AvgIpc) is 2.40. The fourth-order valence-corrected chi connectivity index (χ4v) is 3.70. The van der Waals surface area contributed by atoms with Gasteiger partial charge in [-0.25, -0.2) is 0 Å². The molecule has 0 amide bonds. The lowest BCUT2D eigenvalue weighted by Gasteiger charge is -2.36. The van der Waals surface area contributed by atoms with Gasteiger partial charge in [0.15, 0.2) is 0 Å². The van der Waals surface area contributed by atoms with Crippen LogP contribution in [-0.2, 0) is 4.74 Å². The van der Waals surface area contributed by atoms with Gasteiger partial charge in [0.05, 0.1) is 6.10 Å². The first-order valence-corrected chi connectivity index (χ1v) is 8.19. The zero-order chi connectivity index (χ0) is 12.8. The molecular weight excluding hydrogens is 222 g/mol. The molecule has 0 aromatic rings. The van der Waals surface area contributed by atoms with Crippen LogP contribution < -0.4 is 5.32 Å². The van der Waals surface area contributed by atoms with Crippen molar-refractivity contribution >= 4 is 0 Å². The van der Waals surface area contributed by atoms with Gasteiger partial charge in [-0.3, -0.25) is 0 Å². The van der Waals surface area contributed by atoms with Crippen LogP contribution in [0.3, 0.4) is 0 Å². The Morgan fingerprint density at radius 3 is 2.67 bits per heavy atom. The minimum Gasteiger partial charge on any atom is -0.378 e. The Bertz CT molecular complexity index is 229. The van der Waals surface area contributed by atoms with E-state index in [-0.39, 0.29) is 0 Å². The molecule has 2 aliphatic rings. The Kier molecular flexibility index (Phi) is 5.97. The standard InChI is InChI=1S/C16H31NO/c1-3-6-16-12-15(9-10-18-16)17-14-8-5-7-13(4-2)11-14/h13-17H,3-12H2,1-2H3. The normalized spacial score (nSPS) is 37.7. The van der Waals surface area contributed by atoms with Gasteiger partial charge in [0.1, 0.15) is 0 Å². The highest BCUT2D eigenvalue weighted by molar-refractivity contribution is 4.84. The first-order chi connectivity index (χ1) is 8.81. The van der Waals surface area contributed by atoms with E-state index in [1.165, 1.54) is 57.8 Å². The molecule has 0 bridgehead atoms. The molecule has 2 fully saturated rings. The van der Waals surface area contributed by atoms with Gasteiger partial charge in [0, 0.05) is 18.7 Å². The Morgan fingerprint density at radius 1 is 1.06 bits per heavy atom. The smallest absolute Gasteiger partial charge is 0.0589 e. The second kappa shape index (κ2) is 7.49. The number of rotatable bonds is 5. The van der Waals surface area contributed by atoms with Crippen molar-refractivity contribution in [3.05, 3.63) is 0 Å². The van der Waals surface area contributed by atoms with Gasteiger partial charge in [-0.15, -0.1) is 0 Å². The van der Waals surface area contributed by atoms with Crippen LogP contribution in [-0.4, -0.2) is 24.8 Å². The van der Waals surface area contributed by atoms with E-state index in [0.29, 0.717) is 6.10 Å². The van der Waals surface area contributed by atoms with Crippen LogP contribution in [0.5, 0.6) is 0 Å². The molecule has 2 heteroatoms. The van der Waals surface area contributed by atoms with Crippen LogP contribution in [0.15, 0.2) is 0 Å². The van der Waals surface area contributed by atoms with Crippen molar-refractivity contribution in [3.63, 3.8) is 0 Å². The highest BCUT2D eigenvalue weighted by Crippen LogP contribution is 2.28. The minimum atomic E-state index is 0.520. The van der Waals surface area contributed by atoms with Crippen LogP contribution in [0.4, 0.5) is 0 Å². The molecule has 1 aliphatic heterocycles. The maximum Gasteiger partial charge on any atom is 0.0589 e. The third kappa shape index (κ3) is 4.24. The Hall–Kier alpha value is -0.0800. The highest BCUT2D eigenvalue weighted by atomic mass is 16.5. The minimum absolute atomic E-state index is 0.520. The van der Waals surface area contributed by atoms with Crippen molar-refractivity contribution < 1.29 is 4.74 Å². The SMILES string of the molecule is CCCC1CC(NC2CCCC(CC)C2)CCO1. The van der Waals surface area contributed by atoms with E-state index in [2.05, 4.69) is 19.2 Å². The fourth-order valence-electron chi connectivity index (χ4n) is 3.70. The van der Waals surface area contributed by atoms with Gasteiger partial charge < -0.3 is 10.1 Å². The van der Waals surface area contributed by atoms with E-state index in [9.17, 15) is 0 Å². The quantitative estimate of drug-likeness (QED) is 0.802. The Labute approximate surface area is 113 Å². The maximum absolute atomic E-state index is 5.84. The van der Waals surface area contributed by atoms with Crippen molar-refractivity contribution in [2.24, 2.45) is 5.92 Å². The molecule has 1 saturated heterocycles. The monoisotopic (exact) mass is 253 g/mol. The molecule has 0 aromatic carbocycles. The van der Waals surface area contributed by atoms with Gasteiger partial charge in [0.2, 0.25) is 0 Å². The summed E-state index contributed by atoms with van der Waals surface area (Å²) < 4.78 is 5.84. The summed E-state index contributed by atoms with van der Waals surface area (Å²) in [7, 11) is 0. The molecular formula is C16H31NO. The molecule has 2 nitrogen and oxygen atoms in total. The molecule has 1 aliphatic carbocycles. The summed E-state index contributed by atoms with van der Waals surface area (Å²) in [6.45, 7) is 5.57. The van der Waals surface area contributed by atoms with Crippen LogP contribution in [0.1, 0.15) is 71.6 Å². The molecule has 106 valence electrons. The molecule has 18 heavy (non-hydrogen) atoms. The molecule has 0 spiro atoms. The third-order valence-corrected chi connectivity index (χ3v) is 4.81. The lowest BCUT2D eigenvalue weighted by Crippen LogP contribution is -2.45. The molecule has 1 saturated carbocycles. The number of nitrogens with one attached hydrogen (secondary N) is 1. The highest BCUT2D eigenvalue weighted by Gasteiger charge is 2.26. The van der Waals surface area contributed by atoms with Gasteiger partial charge in [-0.2, -0.15) is 0 Å². The van der Waals surface area contributed by atoms with Gasteiger partial charge in [-0.05, 0) is 38.0 Å². The van der Waals surface area contributed by atoms with E-state index in [1.54, 1.807) is 0 Å². The van der Waals surface area contributed by atoms with Gasteiger partial charge in [0.25, 0.3) is 0 Å². The zero-order valence-corrected chi connectivity index (χ0v) is 12.3. The summed E-state index contributed by atoms with van der Waals surface area (Å²) in [5.41, 5.74) is 0. The lowest BCUT2D eigenvalue weighted by atomic mass is 9.83. The van der Waals surface area contributed by atoms with Crippen molar-refractivity contribution in [2.75, 3.05) is 6.61 Å². The predicted molar refractivity (Wildman–Crippen MR) is 76.8 cm³/mol. The molecule has 0 aromatic heterocycles. The van der Waals surface area contributed by atoms with Crippen molar-refractivity contribution in [2.45, 2.75) is 89.8 Å². The van der Waals surface area contributed by atoms with E-state index in [1.807, 2.05) is 0 Å². The van der Waals surface area contributed by atoms with Crippen molar-refractivity contribution in [3.8, 4) is 0 Å². The van der Waals surface area contributed by atoms with E-state index >= 15 is 0 Å². The molecule has 0 radical (unpaired) electrons. The molecule has 1 heterocycles. The largest absolute Gasteiger partial charge is 0.378 e. The van der Waals surface area contributed by atoms with E-state index < -0.39 is 0 Å². The van der Waals surface area contributed by atoms with E-state index in [4.69, 9.17) is 4.74 Å². The second-order valence-electron chi connectivity index (χ2n) is 6.31. The fraction of sp³-hybridized carbons (Fsp3) is 1.00. The van der Waals surface area contributed by atoms with Crippen LogP contribution in [0.2, 0.25) is 0 Å². The Balaban J connectivity index is 1.74. The molecule has 4 unspecified atom stereocenters. The van der Waals surface area contributed by atoms with Crippen LogP contribution in [0.25, 0.3) is 0 Å². The second-order valence-corrected chi connectivity index (χ2v) is 6.31. The maximum atomic E-state index is 5.84. The van der Waals surface area contributed by atoms with Gasteiger partial charge >= 0.3 is 0 Å². The van der Waals surface area contributed by atoms with E-state index in [0.717, 1.165) is 24.6 Å². The van der Waals surface area contributed by atoms with Crippen molar-refractivity contribution in [1.29, 1.82) is 0 Å². The topological polar surface area (TPSA) is 21.3 Å². The predicted octanol–water partition coefficient (Wildman–Crippen LogP) is 3.89. The zero-order valence-electron chi connectivity index (χ0n) is 12.3. The van der Waals surface area contributed by atoms with Crippen LogP contribution in [0, 0.1) is 5.92 Å². The third-order valence-electron chi connectivity index (χ3n) is 4.81. The van der Waals surface area contributed by atoms with Gasteiger partial charge in [-0.1, -0.05) is 39.5 Å². The molecule has 4 atom stereocenters. The molecule has 2 rings (SSSR count). The number of hydrogen-bond donors (Lipinski definition) is 1. The number of hydrogen-bond acceptors (Lipinski definition) is 2. The Morgan fingerprint density at radius 2 is 1.89 bits per heavy atom. The lowest BCUT2D eigenvalue weighted by molar-refractivity contribution is -0.00628. The first-order valence-electron chi connectivity index (χ1n) is 8.19. The molecule has 1 N–H and O–H groups in total. The summed E-state index contributed by atoms with van der Waals surface area (Å²) in [5, 5.41) is 3.93. The number of ether oxygens (including phenoxy) is 1. The van der Waals surface area contributed by atoms with Crippen molar-refractivity contribution in [1.82, 2.24) is 5.32 Å².